The number of carbonyl (C=O) groups is 1. The molecule has 1 aliphatic heterocycles. The summed E-state index contributed by atoms with van der Waals surface area (Å²) >= 11 is 0. The van der Waals surface area contributed by atoms with Crippen molar-refractivity contribution in [3.8, 4) is 11.9 Å². The first-order valence-corrected chi connectivity index (χ1v) is 12.2. The van der Waals surface area contributed by atoms with E-state index in [1.807, 2.05) is 31.0 Å². The van der Waals surface area contributed by atoms with Crippen LogP contribution in [0, 0.1) is 18.3 Å². The maximum Gasteiger partial charge on any atom is 0.259 e. The molecule has 1 saturated carbocycles. The Bertz CT molecular complexity index is 1340. The molecule has 1 amide bonds. The number of pyridine rings is 2. The van der Waals surface area contributed by atoms with Crippen LogP contribution in [-0.2, 0) is 11.3 Å². The van der Waals surface area contributed by atoms with Crippen molar-refractivity contribution in [2.24, 2.45) is 0 Å². The average Bonchev–Trinajstić information content (AvgIpc) is 2.84. The fourth-order valence-electron chi connectivity index (χ4n) is 4.93. The van der Waals surface area contributed by atoms with Crippen LogP contribution < -0.4 is 10.2 Å². The lowest BCUT2D eigenvalue weighted by Crippen LogP contribution is -2.51. The Morgan fingerprint density at radius 3 is 2.75 bits per heavy atom. The van der Waals surface area contributed by atoms with Crippen molar-refractivity contribution in [3.63, 3.8) is 0 Å². The standard InChI is InChI=1S/C27H30N6O3/c1-18-12-24(34)31-23-5-4-20(14-21(18)23)30-26(35)22-13-19(16-33-8-10-36-11-9-33)15-29-25(22)32(2)27(17-28)6-3-7-27/h4-5,12-15H,3,6-11,16H2,1-2H3,(H,30,35)(H,31,34). The lowest BCUT2D eigenvalue weighted by atomic mass is 9.76. The maximum atomic E-state index is 13.6. The van der Waals surface area contributed by atoms with Gasteiger partial charge in [-0.25, -0.2) is 9.97 Å². The van der Waals surface area contributed by atoms with Crippen molar-refractivity contribution >= 4 is 28.3 Å². The van der Waals surface area contributed by atoms with Gasteiger partial charge in [0.1, 0.15) is 11.4 Å². The highest BCUT2D eigenvalue weighted by Gasteiger charge is 2.43. The number of nitriles is 1. The minimum absolute atomic E-state index is 0.0324. The van der Waals surface area contributed by atoms with Crippen molar-refractivity contribution in [1.29, 1.82) is 5.26 Å². The highest BCUT2D eigenvalue weighted by Crippen LogP contribution is 2.39. The fraction of sp³-hybridized carbons (Fsp3) is 0.407. The highest BCUT2D eigenvalue weighted by molar-refractivity contribution is 6.08. The van der Waals surface area contributed by atoms with E-state index in [0.717, 1.165) is 48.9 Å². The van der Waals surface area contributed by atoms with E-state index in [1.54, 1.807) is 24.4 Å². The Hall–Kier alpha value is -3.74. The molecule has 2 aliphatic rings. The summed E-state index contributed by atoms with van der Waals surface area (Å²) in [6, 6.07) is 11.3. The molecule has 2 fully saturated rings. The van der Waals surface area contributed by atoms with Gasteiger partial charge in [0.05, 0.1) is 30.4 Å². The smallest absolute Gasteiger partial charge is 0.259 e. The Kier molecular flexibility index (Phi) is 6.48. The highest BCUT2D eigenvalue weighted by atomic mass is 16.5. The molecule has 3 aromatic rings. The van der Waals surface area contributed by atoms with Crippen molar-refractivity contribution in [2.45, 2.75) is 38.3 Å². The first kappa shape index (κ1) is 24.0. The van der Waals surface area contributed by atoms with Crippen molar-refractivity contribution in [2.75, 3.05) is 43.6 Å². The summed E-state index contributed by atoms with van der Waals surface area (Å²) in [5.74, 6) is 0.183. The minimum atomic E-state index is -0.637. The van der Waals surface area contributed by atoms with Crippen molar-refractivity contribution in [3.05, 3.63) is 53.2 Å². The number of fused-ring (bicyclic) bond motifs is 1. The van der Waals surface area contributed by atoms with E-state index in [1.165, 1.54) is 0 Å². The summed E-state index contributed by atoms with van der Waals surface area (Å²) < 4.78 is 5.45. The third-order valence-corrected chi connectivity index (χ3v) is 7.29. The quantitative estimate of drug-likeness (QED) is 0.543. The molecular weight excluding hydrogens is 456 g/mol. The number of rotatable bonds is 6. The number of ether oxygens (including phenoxy) is 1. The van der Waals surface area contributed by atoms with Crippen molar-refractivity contribution < 1.29 is 14.6 Å². The number of nitrogens with one attached hydrogen (secondary N) is 1. The van der Waals surface area contributed by atoms with Gasteiger partial charge in [0, 0.05) is 50.0 Å². The van der Waals surface area contributed by atoms with E-state index < -0.39 is 5.54 Å². The maximum absolute atomic E-state index is 13.6. The molecule has 0 atom stereocenters. The van der Waals surface area contributed by atoms with Crippen LogP contribution in [0.5, 0.6) is 5.88 Å². The fourth-order valence-corrected chi connectivity index (χ4v) is 4.93. The minimum Gasteiger partial charge on any atom is -0.493 e. The Balaban J connectivity index is 1.47. The molecule has 3 heterocycles. The SMILES string of the molecule is Cc1cc(O)nc2ccc(NC(=O)c3cc(CN4CCOCC4)cnc3N(C)C3(C#N)CCC3)cc12. The van der Waals surface area contributed by atoms with Gasteiger partial charge in [-0.15, -0.1) is 0 Å². The predicted octanol–water partition coefficient (Wildman–Crippen LogP) is 3.61. The number of hydrogen-bond donors (Lipinski definition) is 2. The van der Waals surface area contributed by atoms with Gasteiger partial charge >= 0.3 is 0 Å². The van der Waals surface area contributed by atoms with E-state index >= 15 is 0 Å². The first-order chi connectivity index (χ1) is 17.4. The van der Waals surface area contributed by atoms with Gasteiger partial charge in [0.15, 0.2) is 0 Å². The largest absolute Gasteiger partial charge is 0.493 e. The lowest BCUT2D eigenvalue weighted by Gasteiger charge is -2.44. The second-order valence-corrected chi connectivity index (χ2v) is 9.64. The number of aryl methyl sites for hydroxylation is 1. The van der Waals surface area contributed by atoms with Crippen LogP contribution in [0.3, 0.4) is 0 Å². The molecule has 5 rings (SSSR count). The van der Waals surface area contributed by atoms with Crippen LogP contribution >= 0.6 is 0 Å². The number of hydrogen-bond acceptors (Lipinski definition) is 8. The summed E-state index contributed by atoms with van der Waals surface area (Å²) in [6.45, 7) is 5.62. The van der Waals surface area contributed by atoms with Gasteiger partial charge in [-0.05, 0) is 61.6 Å². The summed E-state index contributed by atoms with van der Waals surface area (Å²) in [4.78, 5) is 26.6. The Labute approximate surface area is 210 Å². The topological polar surface area (TPSA) is 115 Å². The van der Waals surface area contributed by atoms with Crippen LogP contribution in [0.1, 0.15) is 40.7 Å². The molecule has 2 aromatic heterocycles. The number of carbonyl (C=O) groups excluding carboxylic acids is 1. The van der Waals surface area contributed by atoms with E-state index in [4.69, 9.17) is 9.72 Å². The molecule has 0 bridgehead atoms. The monoisotopic (exact) mass is 486 g/mol. The second kappa shape index (κ2) is 9.72. The number of anilines is 2. The van der Waals surface area contributed by atoms with E-state index in [2.05, 4.69) is 21.3 Å². The zero-order valence-corrected chi connectivity index (χ0v) is 20.6. The average molecular weight is 487 g/mol. The predicted molar refractivity (Wildman–Crippen MR) is 137 cm³/mol. The van der Waals surface area contributed by atoms with Gasteiger partial charge in [0.25, 0.3) is 5.91 Å². The Morgan fingerprint density at radius 1 is 1.28 bits per heavy atom. The molecule has 0 spiro atoms. The van der Waals surface area contributed by atoms with E-state index in [0.29, 0.717) is 42.3 Å². The molecule has 0 radical (unpaired) electrons. The molecule has 1 aliphatic carbocycles. The van der Waals surface area contributed by atoms with Crippen LogP contribution in [0.4, 0.5) is 11.5 Å². The molecule has 186 valence electrons. The van der Waals surface area contributed by atoms with Gasteiger partial charge in [-0.1, -0.05) is 0 Å². The first-order valence-electron chi connectivity index (χ1n) is 12.2. The number of amides is 1. The van der Waals surface area contributed by atoms with Crippen LogP contribution in [0.15, 0.2) is 36.5 Å². The van der Waals surface area contributed by atoms with Gasteiger partial charge in [-0.3, -0.25) is 9.69 Å². The molecule has 1 aromatic carbocycles. The van der Waals surface area contributed by atoms with Crippen LogP contribution in [0.2, 0.25) is 0 Å². The number of nitrogens with zero attached hydrogens (tertiary/aromatic N) is 5. The lowest BCUT2D eigenvalue weighted by molar-refractivity contribution is 0.0341. The molecule has 9 nitrogen and oxygen atoms in total. The van der Waals surface area contributed by atoms with E-state index in [-0.39, 0.29) is 11.8 Å². The third-order valence-electron chi connectivity index (χ3n) is 7.29. The van der Waals surface area contributed by atoms with E-state index in [9.17, 15) is 15.2 Å². The summed E-state index contributed by atoms with van der Waals surface area (Å²) in [7, 11) is 1.85. The number of aromatic nitrogens is 2. The van der Waals surface area contributed by atoms with Crippen LogP contribution in [-0.4, -0.2) is 64.8 Å². The van der Waals surface area contributed by atoms with Gasteiger partial charge in [-0.2, -0.15) is 5.26 Å². The molecule has 1 saturated heterocycles. The van der Waals surface area contributed by atoms with Crippen LogP contribution in [0.25, 0.3) is 10.9 Å². The molecular formula is C27H30N6O3. The summed E-state index contributed by atoms with van der Waals surface area (Å²) in [5.41, 5.74) is 2.87. The molecule has 0 unspecified atom stereocenters. The molecule has 9 heteroatoms. The number of benzene rings is 1. The van der Waals surface area contributed by atoms with Gasteiger partial charge in [0.2, 0.25) is 5.88 Å². The summed E-state index contributed by atoms with van der Waals surface area (Å²) in [6.07, 6.45) is 4.29. The zero-order valence-electron chi connectivity index (χ0n) is 20.6. The number of morpholine rings is 1. The van der Waals surface area contributed by atoms with Crippen molar-refractivity contribution in [1.82, 2.24) is 14.9 Å². The number of aromatic hydroxyl groups is 1. The summed E-state index contributed by atoms with van der Waals surface area (Å²) in [5, 5.41) is 23.5. The Morgan fingerprint density at radius 2 is 2.06 bits per heavy atom. The van der Waals surface area contributed by atoms with Gasteiger partial charge < -0.3 is 20.1 Å². The third kappa shape index (κ3) is 4.57. The normalized spacial score (nSPS) is 17.2. The molecule has 36 heavy (non-hydrogen) atoms. The zero-order chi connectivity index (χ0) is 25.3. The second-order valence-electron chi connectivity index (χ2n) is 9.64. The molecule has 2 N–H and O–H groups in total.